The van der Waals surface area contributed by atoms with E-state index in [1.807, 2.05) is 6.07 Å². The number of fused-ring (bicyclic) bond motifs is 1. The second-order valence-corrected chi connectivity index (χ2v) is 6.41. The van der Waals surface area contributed by atoms with Gasteiger partial charge in [0, 0.05) is 18.0 Å². The van der Waals surface area contributed by atoms with Gasteiger partial charge in [-0.15, -0.1) is 0 Å². The second kappa shape index (κ2) is 6.71. The Labute approximate surface area is 146 Å². The van der Waals surface area contributed by atoms with Gasteiger partial charge in [-0.25, -0.2) is 4.39 Å². The Morgan fingerprint density at radius 2 is 1.84 bits per heavy atom. The molecule has 0 saturated carbocycles. The van der Waals surface area contributed by atoms with Crippen molar-refractivity contribution in [3.8, 4) is 11.3 Å². The van der Waals surface area contributed by atoms with Crippen molar-refractivity contribution in [2.24, 2.45) is 0 Å². The van der Waals surface area contributed by atoms with Crippen LogP contribution in [-0.4, -0.2) is 13.0 Å². The lowest BCUT2D eigenvalue weighted by Crippen LogP contribution is -2.18. The van der Waals surface area contributed by atoms with E-state index in [1.165, 1.54) is 17.7 Å². The predicted octanol–water partition coefficient (Wildman–Crippen LogP) is 5.28. The first-order valence-electron chi connectivity index (χ1n) is 8.54. The first kappa shape index (κ1) is 17.2. The van der Waals surface area contributed by atoms with Crippen LogP contribution in [0.4, 0.5) is 4.39 Å². The molecule has 1 N–H and O–H groups in total. The van der Waals surface area contributed by atoms with Crippen LogP contribution in [0.1, 0.15) is 48.2 Å². The van der Waals surface area contributed by atoms with Crippen LogP contribution in [0.15, 0.2) is 40.8 Å². The van der Waals surface area contributed by atoms with E-state index in [0.717, 1.165) is 17.4 Å². The summed E-state index contributed by atoms with van der Waals surface area (Å²) < 4.78 is 19.3. The van der Waals surface area contributed by atoms with Crippen LogP contribution in [0, 0.1) is 5.82 Å². The van der Waals surface area contributed by atoms with E-state index in [9.17, 15) is 9.18 Å². The molecule has 25 heavy (non-hydrogen) atoms. The van der Waals surface area contributed by atoms with Crippen LogP contribution in [0.25, 0.3) is 22.3 Å². The zero-order valence-corrected chi connectivity index (χ0v) is 14.9. The summed E-state index contributed by atoms with van der Waals surface area (Å²) in [5, 5.41) is 3.57. The van der Waals surface area contributed by atoms with E-state index >= 15 is 0 Å². The molecule has 0 unspecified atom stereocenters. The van der Waals surface area contributed by atoms with Crippen LogP contribution in [-0.2, 0) is 6.42 Å². The van der Waals surface area contributed by atoms with E-state index < -0.39 is 0 Å². The number of nitrogens with one attached hydrogen (secondary N) is 1. The average molecular weight is 339 g/mol. The number of aryl methyl sites for hydroxylation is 1. The third-order valence-corrected chi connectivity index (χ3v) is 4.51. The summed E-state index contributed by atoms with van der Waals surface area (Å²) in [5.41, 5.74) is 4.22. The van der Waals surface area contributed by atoms with Crippen molar-refractivity contribution < 1.29 is 13.6 Å². The Kier molecular flexibility index (Phi) is 4.62. The summed E-state index contributed by atoms with van der Waals surface area (Å²) in [4.78, 5) is 12.7. The van der Waals surface area contributed by atoms with Crippen molar-refractivity contribution in [3.63, 3.8) is 0 Å². The van der Waals surface area contributed by atoms with Crippen LogP contribution in [0.5, 0.6) is 0 Å². The molecule has 0 spiro atoms. The number of furan rings is 1. The highest BCUT2D eigenvalue weighted by molar-refractivity contribution is 6.12. The van der Waals surface area contributed by atoms with Gasteiger partial charge in [-0.05, 0) is 53.8 Å². The largest absolute Gasteiger partial charge is 0.455 e. The Hall–Kier alpha value is -2.62. The molecule has 130 valence electrons. The molecule has 3 aromatic rings. The molecule has 0 fully saturated rings. The molecular formula is C21H22FNO2. The van der Waals surface area contributed by atoms with Gasteiger partial charge in [0.05, 0.1) is 5.56 Å². The summed E-state index contributed by atoms with van der Waals surface area (Å²) in [7, 11) is 1.61. The summed E-state index contributed by atoms with van der Waals surface area (Å²) in [6, 6.07) is 9.99. The smallest absolute Gasteiger partial charge is 0.255 e. The number of hydrogen-bond donors (Lipinski definition) is 1. The van der Waals surface area contributed by atoms with Crippen LogP contribution in [0.3, 0.4) is 0 Å². The van der Waals surface area contributed by atoms with Crippen molar-refractivity contribution in [1.29, 1.82) is 0 Å². The molecule has 0 aliphatic rings. The minimum absolute atomic E-state index is 0.201. The van der Waals surface area contributed by atoms with Crippen molar-refractivity contribution in [2.75, 3.05) is 7.05 Å². The number of amides is 1. The maximum absolute atomic E-state index is 13.3. The molecule has 0 bridgehead atoms. The predicted molar refractivity (Wildman–Crippen MR) is 98.5 cm³/mol. The van der Waals surface area contributed by atoms with E-state index in [0.29, 0.717) is 22.5 Å². The van der Waals surface area contributed by atoms with E-state index in [2.05, 4.69) is 32.2 Å². The normalized spacial score (nSPS) is 11.3. The van der Waals surface area contributed by atoms with Crippen molar-refractivity contribution >= 4 is 16.9 Å². The number of carbonyl (C=O) groups is 1. The fraction of sp³-hybridized carbons (Fsp3) is 0.286. The lowest BCUT2D eigenvalue weighted by Gasteiger charge is -2.14. The number of rotatable bonds is 4. The molecule has 4 heteroatoms. The number of carbonyl (C=O) groups excluding carboxylic acids is 1. The van der Waals surface area contributed by atoms with Crippen LogP contribution < -0.4 is 5.32 Å². The molecule has 0 saturated heterocycles. The minimum Gasteiger partial charge on any atom is -0.455 e. The van der Waals surface area contributed by atoms with Gasteiger partial charge in [0.1, 0.15) is 17.2 Å². The summed E-state index contributed by atoms with van der Waals surface area (Å²) in [6.45, 7) is 6.34. The zero-order valence-electron chi connectivity index (χ0n) is 14.9. The van der Waals surface area contributed by atoms with Gasteiger partial charge >= 0.3 is 0 Å². The monoisotopic (exact) mass is 339 g/mol. The van der Waals surface area contributed by atoms with Crippen LogP contribution >= 0.6 is 0 Å². The molecule has 1 amide bonds. The lowest BCUT2D eigenvalue weighted by molar-refractivity contribution is 0.0964. The first-order valence-corrected chi connectivity index (χ1v) is 8.54. The Balaban J connectivity index is 2.40. The molecule has 1 aromatic heterocycles. The quantitative estimate of drug-likeness (QED) is 0.702. The van der Waals surface area contributed by atoms with Crippen LogP contribution in [0.2, 0.25) is 0 Å². The molecule has 1 heterocycles. The zero-order chi connectivity index (χ0) is 18.1. The van der Waals surface area contributed by atoms with E-state index in [1.54, 1.807) is 19.2 Å². The molecular weight excluding hydrogens is 317 g/mol. The van der Waals surface area contributed by atoms with Gasteiger partial charge in [0.15, 0.2) is 0 Å². The van der Waals surface area contributed by atoms with Gasteiger partial charge < -0.3 is 9.73 Å². The molecule has 3 nitrogen and oxygen atoms in total. The maximum atomic E-state index is 13.3. The first-order chi connectivity index (χ1) is 12.0. The molecule has 0 radical (unpaired) electrons. The highest BCUT2D eigenvalue weighted by Gasteiger charge is 2.25. The second-order valence-electron chi connectivity index (χ2n) is 6.41. The average Bonchev–Trinajstić information content (AvgIpc) is 2.99. The van der Waals surface area contributed by atoms with Crippen molar-refractivity contribution in [2.45, 2.75) is 33.1 Å². The van der Waals surface area contributed by atoms with Gasteiger partial charge in [-0.1, -0.05) is 26.8 Å². The lowest BCUT2D eigenvalue weighted by atomic mass is 9.89. The number of benzene rings is 2. The molecule has 0 atom stereocenters. The van der Waals surface area contributed by atoms with Gasteiger partial charge in [-0.3, -0.25) is 4.79 Å². The Morgan fingerprint density at radius 3 is 2.40 bits per heavy atom. The highest BCUT2D eigenvalue weighted by atomic mass is 19.1. The van der Waals surface area contributed by atoms with Gasteiger partial charge in [0.25, 0.3) is 5.91 Å². The van der Waals surface area contributed by atoms with E-state index in [4.69, 9.17) is 4.42 Å². The minimum atomic E-state index is -0.322. The van der Waals surface area contributed by atoms with Gasteiger partial charge in [0.2, 0.25) is 0 Å². The Bertz CT molecular complexity index is 923. The summed E-state index contributed by atoms with van der Waals surface area (Å²) in [6.07, 6.45) is 0.883. The molecule has 3 rings (SSSR count). The summed E-state index contributed by atoms with van der Waals surface area (Å²) >= 11 is 0. The third kappa shape index (κ3) is 2.93. The standard InChI is InChI=1S/C21H22FNO2/c1-5-13-8-11-16-18(17(13)12(2)3)19(21(24)23-4)20(25-16)14-6-9-15(22)10-7-14/h6-12H,5H2,1-4H3,(H,23,24). The topological polar surface area (TPSA) is 42.2 Å². The molecule has 0 aliphatic carbocycles. The highest BCUT2D eigenvalue weighted by Crippen LogP contribution is 2.39. The summed E-state index contributed by atoms with van der Waals surface area (Å²) in [5.74, 6) is 0.205. The number of halogens is 1. The fourth-order valence-electron chi connectivity index (χ4n) is 3.37. The van der Waals surface area contributed by atoms with Crippen molar-refractivity contribution in [3.05, 3.63) is 58.9 Å². The SMILES string of the molecule is CCc1ccc2oc(-c3ccc(F)cc3)c(C(=O)NC)c2c1C(C)C. The maximum Gasteiger partial charge on any atom is 0.255 e. The van der Waals surface area contributed by atoms with E-state index in [-0.39, 0.29) is 17.6 Å². The third-order valence-electron chi connectivity index (χ3n) is 4.51. The Morgan fingerprint density at radius 1 is 1.16 bits per heavy atom. The molecule has 2 aromatic carbocycles. The molecule has 0 aliphatic heterocycles. The fourth-order valence-corrected chi connectivity index (χ4v) is 3.37. The number of hydrogen-bond acceptors (Lipinski definition) is 2. The van der Waals surface area contributed by atoms with Crippen molar-refractivity contribution in [1.82, 2.24) is 5.32 Å². The van der Waals surface area contributed by atoms with Gasteiger partial charge in [-0.2, -0.15) is 0 Å².